The molecule has 0 amide bonds. The van der Waals surface area contributed by atoms with Crippen molar-refractivity contribution in [3.8, 4) is 0 Å². The average Bonchev–Trinajstić information content (AvgIpc) is 2.35. The minimum absolute atomic E-state index is 0.247. The summed E-state index contributed by atoms with van der Waals surface area (Å²) in [6.45, 7) is 3.65. The van der Waals surface area contributed by atoms with Crippen molar-refractivity contribution >= 4 is 15.7 Å². The van der Waals surface area contributed by atoms with Crippen LogP contribution in [0.2, 0.25) is 0 Å². The molecule has 0 bridgehead atoms. The number of hydrogen-bond donors (Lipinski definition) is 1. The second-order valence-corrected chi connectivity index (χ2v) is 5.72. The largest absolute Gasteiger partial charge is 0.304 e. The molecule has 6 nitrogen and oxygen atoms in total. The van der Waals surface area contributed by atoms with E-state index in [0.29, 0.717) is 18.9 Å². The first-order valence-corrected chi connectivity index (χ1v) is 7.26. The highest BCUT2D eigenvalue weighted by molar-refractivity contribution is 7.89. The molecule has 0 aliphatic rings. The molecule has 1 aromatic rings. The minimum atomic E-state index is -3.86. The van der Waals surface area contributed by atoms with Crippen molar-refractivity contribution in [2.75, 3.05) is 0 Å². The topological polar surface area (TPSA) is 89.3 Å². The minimum Gasteiger partial charge on any atom is -0.258 e. The highest BCUT2D eigenvalue weighted by Gasteiger charge is 2.22. The zero-order valence-electron chi connectivity index (χ0n) is 10.6. The number of nitro benzene ring substituents is 1. The van der Waals surface area contributed by atoms with Crippen molar-refractivity contribution in [1.82, 2.24) is 4.72 Å². The molecule has 0 aliphatic carbocycles. The first-order valence-electron chi connectivity index (χ1n) is 5.78. The number of halogens is 1. The van der Waals surface area contributed by atoms with Crippen LogP contribution < -0.4 is 4.72 Å². The highest BCUT2D eigenvalue weighted by atomic mass is 32.2. The van der Waals surface area contributed by atoms with E-state index in [0.717, 1.165) is 12.1 Å². The molecule has 0 radical (unpaired) electrons. The fraction of sp³-hybridized carbons (Fsp3) is 0.455. The molecule has 0 fully saturated rings. The molecule has 0 spiro atoms. The third-order valence-electron chi connectivity index (χ3n) is 2.73. The smallest absolute Gasteiger partial charge is 0.258 e. The average molecular weight is 290 g/mol. The van der Waals surface area contributed by atoms with E-state index in [1.807, 2.05) is 13.8 Å². The predicted octanol–water partition coefficient (Wildman–Crippen LogP) is 2.20. The lowest BCUT2D eigenvalue weighted by Gasteiger charge is -2.14. The number of nitrogens with one attached hydrogen (secondary N) is 1. The molecule has 1 aromatic carbocycles. The third-order valence-corrected chi connectivity index (χ3v) is 4.25. The van der Waals surface area contributed by atoms with Gasteiger partial charge in [0.15, 0.2) is 0 Å². The summed E-state index contributed by atoms with van der Waals surface area (Å²) in [7, 11) is -3.86. The van der Waals surface area contributed by atoms with E-state index < -0.39 is 26.5 Å². The van der Waals surface area contributed by atoms with Crippen molar-refractivity contribution < 1.29 is 17.7 Å². The Morgan fingerprint density at radius 3 is 2.37 bits per heavy atom. The van der Waals surface area contributed by atoms with Crippen molar-refractivity contribution in [2.45, 2.75) is 37.6 Å². The van der Waals surface area contributed by atoms with Crippen LogP contribution in [0.25, 0.3) is 0 Å². The Morgan fingerprint density at radius 2 is 1.95 bits per heavy atom. The van der Waals surface area contributed by atoms with Crippen LogP contribution in [0.5, 0.6) is 0 Å². The second-order valence-electron chi connectivity index (χ2n) is 4.01. The first-order chi connectivity index (χ1) is 8.81. The molecular weight excluding hydrogens is 275 g/mol. The summed E-state index contributed by atoms with van der Waals surface area (Å²) >= 11 is 0. The van der Waals surface area contributed by atoms with Crippen LogP contribution in [0, 0.1) is 15.9 Å². The van der Waals surface area contributed by atoms with Gasteiger partial charge >= 0.3 is 5.69 Å². The van der Waals surface area contributed by atoms with Crippen molar-refractivity contribution in [3.63, 3.8) is 0 Å². The van der Waals surface area contributed by atoms with Crippen LogP contribution in [0.1, 0.15) is 26.7 Å². The molecule has 106 valence electrons. The Morgan fingerprint density at radius 1 is 1.37 bits per heavy atom. The van der Waals surface area contributed by atoms with Crippen LogP contribution in [-0.4, -0.2) is 19.4 Å². The van der Waals surface area contributed by atoms with Gasteiger partial charge < -0.3 is 0 Å². The SMILES string of the molecule is CCC(CC)NS(=O)(=O)c1ccc([N+](=O)[O-])c(F)c1. The normalized spacial score (nSPS) is 11.8. The van der Waals surface area contributed by atoms with Crippen LogP contribution in [0.4, 0.5) is 10.1 Å². The van der Waals surface area contributed by atoms with E-state index in [-0.39, 0.29) is 10.9 Å². The van der Waals surface area contributed by atoms with Crippen LogP contribution in [-0.2, 0) is 10.0 Å². The zero-order valence-corrected chi connectivity index (χ0v) is 11.4. The molecule has 0 aromatic heterocycles. The molecule has 0 saturated heterocycles. The maximum absolute atomic E-state index is 13.4. The van der Waals surface area contributed by atoms with E-state index in [1.165, 1.54) is 0 Å². The lowest BCUT2D eigenvalue weighted by molar-refractivity contribution is -0.387. The standard InChI is InChI=1S/C11H15FN2O4S/c1-3-8(4-2)13-19(17,18)9-5-6-11(14(15)16)10(12)7-9/h5-8,13H,3-4H2,1-2H3. The second kappa shape index (κ2) is 6.07. The summed E-state index contributed by atoms with van der Waals surface area (Å²) in [6.07, 6.45) is 1.20. The zero-order chi connectivity index (χ0) is 14.6. The predicted molar refractivity (Wildman–Crippen MR) is 67.7 cm³/mol. The first kappa shape index (κ1) is 15.5. The number of benzene rings is 1. The monoisotopic (exact) mass is 290 g/mol. The van der Waals surface area contributed by atoms with Gasteiger partial charge in [0.2, 0.25) is 15.8 Å². The number of sulfonamides is 1. The van der Waals surface area contributed by atoms with Crippen LogP contribution >= 0.6 is 0 Å². The Kier molecular flexibility index (Phi) is 4.96. The van der Waals surface area contributed by atoms with Crippen molar-refractivity contribution in [3.05, 3.63) is 34.1 Å². The Labute approximate surface area is 110 Å². The van der Waals surface area contributed by atoms with Gasteiger partial charge in [-0.25, -0.2) is 13.1 Å². The molecule has 0 unspecified atom stereocenters. The maximum atomic E-state index is 13.4. The highest BCUT2D eigenvalue weighted by Crippen LogP contribution is 2.21. The Hall–Kier alpha value is -1.54. The summed E-state index contributed by atoms with van der Waals surface area (Å²) in [5.74, 6) is -1.17. The third kappa shape index (κ3) is 3.71. The van der Waals surface area contributed by atoms with Crippen molar-refractivity contribution in [2.24, 2.45) is 0 Å². The summed E-state index contributed by atoms with van der Waals surface area (Å²) in [5.41, 5.74) is -0.749. The summed E-state index contributed by atoms with van der Waals surface area (Å²) < 4.78 is 39.7. The van der Waals surface area contributed by atoms with Gasteiger partial charge in [-0.15, -0.1) is 0 Å². The van der Waals surface area contributed by atoms with E-state index in [1.54, 1.807) is 0 Å². The number of hydrogen-bond acceptors (Lipinski definition) is 4. The number of rotatable bonds is 6. The van der Waals surface area contributed by atoms with Gasteiger partial charge in [0, 0.05) is 18.2 Å². The molecule has 0 aliphatic heterocycles. The lowest BCUT2D eigenvalue weighted by Crippen LogP contribution is -2.33. The van der Waals surface area contributed by atoms with Gasteiger partial charge in [0.05, 0.1) is 9.82 Å². The molecule has 0 heterocycles. The van der Waals surface area contributed by atoms with Crippen LogP contribution in [0.15, 0.2) is 23.1 Å². The van der Waals surface area contributed by atoms with Crippen molar-refractivity contribution in [1.29, 1.82) is 0 Å². The van der Waals surface area contributed by atoms with E-state index >= 15 is 0 Å². The van der Waals surface area contributed by atoms with Gasteiger partial charge in [-0.3, -0.25) is 10.1 Å². The van der Waals surface area contributed by atoms with Gasteiger partial charge in [-0.1, -0.05) is 13.8 Å². The lowest BCUT2D eigenvalue weighted by atomic mass is 10.2. The van der Waals surface area contributed by atoms with Crippen LogP contribution in [0.3, 0.4) is 0 Å². The number of nitro groups is 1. The van der Waals surface area contributed by atoms with E-state index in [9.17, 15) is 22.9 Å². The maximum Gasteiger partial charge on any atom is 0.304 e. The summed E-state index contributed by atoms with van der Waals surface area (Å²) in [5, 5.41) is 10.5. The number of nitrogens with zero attached hydrogens (tertiary/aromatic N) is 1. The fourth-order valence-corrected chi connectivity index (χ4v) is 2.96. The molecule has 19 heavy (non-hydrogen) atoms. The Balaban J connectivity index is 3.09. The van der Waals surface area contributed by atoms with Gasteiger partial charge in [-0.2, -0.15) is 4.39 Å². The van der Waals surface area contributed by atoms with Gasteiger partial charge in [-0.05, 0) is 18.9 Å². The molecule has 0 saturated carbocycles. The molecule has 1 rings (SSSR count). The van der Waals surface area contributed by atoms with Gasteiger partial charge in [0.25, 0.3) is 0 Å². The summed E-state index contributed by atoms with van der Waals surface area (Å²) in [6, 6.07) is 2.27. The molecule has 0 atom stereocenters. The quantitative estimate of drug-likeness (QED) is 0.642. The molecule has 1 N–H and O–H groups in total. The molecular formula is C11H15FN2O4S. The fourth-order valence-electron chi connectivity index (χ4n) is 1.55. The van der Waals surface area contributed by atoms with E-state index in [2.05, 4.69) is 4.72 Å². The summed E-state index contributed by atoms with van der Waals surface area (Å²) in [4.78, 5) is 9.23. The molecule has 8 heteroatoms. The Bertz CT molecular complexity index is 570. The van der Waals surface area contributed by atoms with Gasteiger partial charge in [0.1, 0.15) is 0 Å². The van der Waals surface area contributed by atoms with E-state index in [4.69, 9.17) is 0 Å².